The topological polar surface area (TPSA) is 156 Å². The van der Waals surface area contributed by atoms with Crippen molar-refractivity contribution in [1.29, 1.82) is 0 Å². The first kappa shape index (κ1) is 22.9. The Morgan fingerprint density at radius 1 is 1.38 bits per heavy atom. The first-order valence-electron chi connectivity index (χ1n) is 9.25. The maximum Gasteiger partial charge on any atom is 0.264 e. The molecular weight excluding hydrogens is 400 g/mol. The molecule has 11 heteroatoms. The first-order valence-corrected chi connectivity index (χ1v) is 10.7. The number of primary amides is 1. The number of amides is 2. The molecule has 0 aromatic rings. The quantitative estimate of drug-likeness (QED) is 0.582. The van der Waals surface area contributed by atoms with Gasteiger partial charge in [0.2, 0.25) is 16.9 Å². The highest BCUT2D eigenvalue weighted by molar-refractivity contribution is 8.06. The maximum absolute atomic E-state index is 12.7. The third-order valence-corrected chi connectivity index (χ3v) is 6.65. The maximum atomic E-state index is 12.7. The van der Waals surface area contributed by atoms with Crippen LogP contribution in [0.4, 0.5) is 0 Å². The summed E-state index contributed by atoms with van der Waals surface area (Å²) in [6.45, 7) is 2.73. The number of carbonyl (C=O) groups excluding carboxylic acids is 4. The number of ketones is 2. The van der Waals surface area contributed by atoms with Crippen molar-refractivity contribution in [2.45, 2.75) is 45.6 Å². The predicted molar refractivity (Wildman–Crippen MR) is 105 cm³/mol. The highest BCUT2D eigenvalue weighted by Gasteiger charge is 2.38. The number of hydrogen-bond donors (Lipinski definition) is 2. The van der Waals surface area contributed by atoms with Crippen LogP contribution in [-0.4, -0.2) is 60.3 Å². The second-order valence-electron chi connectivity index (χ2n) is 7.21. The molecule has 1 fully saturated rings. The van der Waals surface area contributed by atoms with Gasteiger partial charge in [0.25, 0.3) is 10.0 Å². The molecule has 2 amide bonds. The zero-order valence-electron chi connectivity index (χ0n) is 16.4. The minimum Gasteiger partial charge on any atom is -0.369 e. The van der Waals surface area contributed by atoms with Gasteiger partial charge in [-0.05, 0) is 26.2 Å². The van der Waals surface area contributed by atoms with Gasteiger partial charge in [-0.25, -0.2) is 13.4 Å². The van der Waals surface area contributed by atoms with Crippen LogP contribution < -0.4 is 11.1 Å². The number of allylic oxidation sites excluding steroid dienone is 1. The van der Waals surface area contributed by atoms with Crippen molar-refractivity contribution in [2.24, 2.45) is 16.6 Å². The Kier molecular flexibility index (Phi) is 7.42. The van der Waals surface area contributed by atoms with E-state index >= 15 is 0 Å². The van der Waals surface area contributed by atoms with Crippen LogP contribution in [0, 0.1) is 11.8 Å². The van der Waals surface area contributed by atoms with E-state index in [2.05, 4.69) is 10.3 Å². The SMILES string of the molecule is C[C](CC(C)C(N)=O)C(=O)NC1CCCN(S(=O)(=O)C2=NC=CCC2=O)CC1=O. The number of nitrogens with zero attached hydrogens (tertiary/aromatic N) is 2. The highest BCUT2D eigenvalue weighted by atomic mass is 32.2. The summed E-state index contributed by atoms with van der Waals surface area (Å²) in [6.07, 6.45) is 3.40. The number of nitrogens with one attached hydrogen (secondary N) is 1. The van der Waals surface area contributed by atoms with Crippen molar-refractivity contribution < 1.29 is 27.6 Å². The van der Waals surface area contributed by atoms with Gasteiger partial charge in [0.15, 0.2) is 11.6 Å². The Morgan fingerprint density at radius 2 is 2.07 bits per heavy atom. The summed E-state index contributed by atoms with van der Waals surface area (Å²) in [5.74, 6) is -2.28. The fourth-order valence-corrected chi connectivity index (χ4v) is 4.54. The summed E-state index contributed by atoms with van der Waals surface area (Å²) >= 11 is 0. The molecule has 0 aliphatic carbocycles. The molecule has 0 bridgehead atoms. The second-order valence-corrected chi connectivity index (χ2v) is 9.06. The summed E-state index contributed by atoms with van der Waals surface area (Å²) < 4.78 is 26.4. The molecule has 3 N–H and O–H groups in total. The number of hydrogen-bond acceptors (Lipinski definition) is 7. The summed E-state index contributed by atoms with van der Waals surface area (Å²) in [7, 11) is -4.19. The molecule has 0 aromatic carbocycles. The third-order valence-electron chi connectivity index (χ3n) is 4.84. The van der Waals surface area contributed by atoms with Gasteiger partial charge in [-0.3, -0.25) is 19.2 Å². The summed E-state index contributed by atoms with van der Waals surface area (Å²) in [4.78, 5) is 51.7. The van der Waals surface area contributed by atoms with E-state index in [0.29, 0.717) is 12.3 Å². The monoisotopic (exact) mass is 425 g/mol. The Balaban J connectivity index is 2.04. The number of nitrogens with two attached hydrogens (primary N) is 1. The van der Waals surface area contributed by atoms with Gasteiger partial charge in [-0.15, -0.1) is 0 Å². The molecule has 0 aromatic heterocycles. The van der Waals surface area contributed by atoms with Crippen molar-refractivity contribution in [3.05, 3.63) is 18.2 Å². The van der Waals surface area contributed by atoms with Crippen LogP contribution in [0.5, 0.6) is 0 Å². The minimum absolute atomic E-state index is 0.0395. The number of aliphatic imine (C=N–C) groups is 1. The molecule has 1 saturated heterocycles. The van der Waals surface area contributed by atoms with E-state index in [-0.39, 0.29) is 25.8 Å². The largest absolute Gasteiger partial charge is 0.369 e. The fraction of sp³-hybridized carbons (Fsp3) is 0.556. The van der Waals surface area contributed by atoms with E-state index in [1.165, 1.54) is 12.3 Å². The van der Waals surface area contributed by atoms with Crippen LogP contribution in [0.15, 0.2) is 17.3 Å². The van der Waals surface area contributed by atoms with Gasteiger partial charge in [0, 0.05) is 25.1 Å². The summed E-state index contributed by atoms with van der Waals surface area (Å²) in [5.41, 5.74) is 5.20. The predicted octanol–water partition coefficient (Wildman–Crippen LogP) is -0.543. The average molecular weight is 425 g/mol. The zero-order valence-corrected chi connectivity index (χ0v) is 17.2. The lowest BCUT2D eigenvalue weighted by Gasteiger charge is -2.21. The molecule has 2 aliphatic rings. The van der Waals surface area contributed by atoms with E-state index in [9.17, 15) is 27.6 Å². The lowest BCUT2D eigenvalue weighted by atomic mass is 9.95. The number of rotatable bonds is 6. The molecule has 2 unspecified atom stereocenters. The molecule has 2 atom stereocenters. The van der Waals surface area contributed by atoms with Crippen LogP contribution >= 0.6 is 0 Å². The molecule has 159 valence electrons. The summed E-state index contributed by atoms with van der Waals surface area (Å²) in [6, 6.07) is -0.856. The highest BCUT2D eigenvalue weighted by Crippen LogP contribution is 2.18. The molecular formula is C18H25N4O6S. The average Bonchev–Trinajstić information content (AvgIpc) is 2.83. The molecule has 29 heavy (non-hydrogen) atoms. The molecule has 2 rings (SSSR count). The van der Waals surface area contributed by atoms with E-state index in [1.54, 1.807) is 13.8 Å². The van der Waals surface area contributed by atoms with Gasteiger partial charge in [-0.2, -0.15) is 4.31 Å². The van der Waals surface area contributed by atoms with Crippen molar-refractivity contribution in [1.82, 2.24) is 9.62 Å². The van der Waals surface area contributed by atoms with Crippen molar-refractivity contribution in [3.63, 3.8) is 0 Å². The molecule has 2 aliphatic heterocycles. The molecule has 0 saturated carbocycles. The molecule has 0 spiro atoms. The Morgan fingerprint density at radius 3 is 2.69 bits per heavy atom. The van der Waals surface area contributed by atoms with E-state index in [0.717, 1.165) is 4.31 Å². The molecule has 10 nitrogen and oxygen atoms in total. The van der Waals surface area contributed by atoms with E-state index in [4.69, 9.17) is 5.73 Å². The van der Waals surface area contributed by atoms with Crippen molar-refractivity contribution >= 4 is 38.4 Å². The van der Waals surface area contributed by atoms with Crippen LogP contribution in [0.2, 0.25) is 0 Å². The third kappa shape index (κ3) is 5.57. The Hall–Kier alpha value is -2.40. The van der Waals surface area contributed by atoms with Gasteiger partial charge in [-0.1, -0.05) is 13.0 Å². The number of sulfonamides is 1. The lowest BCUT2D eigenvalue weighted by molar-refractivity contribution is -0.127. The normalized spacial score (nSPS) is 22.2. The standard InChI is InChI=1S/C18H25N4O6S/c1-11(16(19)25)9-12(2)17(26)21-13-5-4-8-22(10-15(13)24)29(27,28)18-14(23)6-3-7-20-18/h3,7,11,13H,4-6,8-10H2,1-2H3,(H2,19,25)(H,21,26). The second kappa shape index (κ2) is 9.40. The smallest absolute Gasteiger partial charge is 0.264 e. The van der Waals surface area contributed by atoms with Crippen LogP contribution in [0.25, 0.3) is 0 Å². The van der Waals surface area contributed by atoms with Crippen molar-refractivity contribution in [3.8, 4) is 0 Å². The van der Waals surface area contributed by atoms with Gasteiger partial charge in [0.1, 0.15) is 0 Å². The molecule has 1 radical (unpaired) electrons. The summed E-state index contributed by atoms with van der Waals surface area (Å²) in [5, 5.41) is 2.04. The van der Waals surface area contributed by atoms with Gasteiger partial charge in [0.05, 0.1) is 18.5 Å². The van der Waals surface area contributed by atoms with Crippen molar-refractivity contribution in [2.75, 3.05) is 13.1 Å². The Bertz CT molecular complexity index is 864. The number of Topliss-reactive ketones (excluding diaryl/α,β-unsaturated/α-hetero) is 2. The lowest BCUT2D eigenvalue weighted by Crippen LogP contribution is -2.47. The van der Waals surface area contributed by atoms with Gasteiger partial charge >= 0.3 is 0 Å². The molecule has 2 heterocycles. The number of carbonyl (C=O) groups is 4. The fourth-order valence-electron chi connectivity index (χ4n) is 3.06. The zero-order chi connectivity index (χ0) is 21.8. The first-order chi connectivity index (χ1) is 13.5. The van der Waals surface area contributed by atoms with Crippen LogP contribution in [-0.2, 0) is 29.2 Å². The minimum atomic E-state index is -4.19. The van der Waals surface area contributed by atoms with Crippen LogP contribution in [0.1, 0.15) is 39.5 Å². The van der Waals surface area contributed by atoms with E-state index < -0.39 is 57.0 Å². The Labute approximate surface area is 169 Å². The van der Waals surface area contributed by atoms with Crippen LogP contribution in [0.3, 0.4) is 0 Å². The van der Waals surface area contributed by atoms with Gasteiger partial charge < -0.3 is 11.1 Å². The van der Waals surface area contributed by atoms with E-state index in [1.807, 2.05) is 0 Å².